The summed E-state index contributed by atoms with van der Waals surface area (Å²) in [6, 6.07) is 12.5. The van der Waals surface area contributed by atoms with Gasteiger partial charge >= 0.3 is 0 Å². The Bertz CT molecular complexity index is 652. The van der Waals surface area contributed by atoms with Crippen molar-refractivity contribution < 1.29 is 9.47 Å². The Morgan fingerprint density at radius 1 is 1.19 bits per heavy atom. The number of hydrogen-bond donors (Lipinski definition) is 1. The molecule has 3 heteroatoms. The molecule has 0 bridgehead atoms. The van der Waals surface area contributed by atoms with Crippen LogP contribution < -0.4 is 15.2 Å². The summed E-state index contributed by atoms with van der Waals surface area (Å²) in [7, 11) is 1.69. The Labute approximate surface area is 125 Å². The van der Waals surface area contributed by atoms with Crippen LogP contribution in [-0.4, -0.2) is 7.11 Å². The lowest BCUT2D eigenvalue weighted by atomic mass is 10.1. The Balaban J connectivity index is 1.75. The minimum atomic E-state index is 0.186. The molecule has 0 radical (unpaired) electrons. The Kier molecular flexibility index (Phi) is 3.84. The van der Waals surface area contributed by atoms with E-state index >= 15 is 0 Å². The van der Waals surface area contributed by atoms with E-state index in [0.717, 1.165) is 29.9 Å². The first kappa shape index (κ1) is 14.0. The lowest BCUT2D eigenvalue weighted by molar-refractivity contribution is 0.296. The highest BCUT2D eigenvalue weighted by molar-refractivity contribution is 5.41. The van der Waals surface area contributed by atoms with Gasteiger partial charge in [0.1, 0.15) is 18.1 Å². The van der Waals surface area contributed by atoms with Crippen LogP contribution in [0.2, 0.25) is 0 Å². The van der Waals surface area contributed by atoms with Crippen LogP contribution in [0.4, 0.5) is 0 Å². The Hall–Kier alpha value is -2.00. The van der Waals surface area contributed by atoms with Crippen molar-refractivity contribution in [2.24, 2.45) is 5.73 Å². The number of fused-ring (bicyclic) bond motifs is 1. The van der Waals surface area contributed by atoms with Crippen LogP contribution in [-0.2, 0) is 13.0 Å². The van der Waals surface area contributed by atoms with Gasteiger partial charge in [-0.05, 0) is 55.2 Å². The minimum Gasteiger partial charge on any atom is -0.496 e. The zero-order chi connectivity index (χ0) is 14.8. The van der Waals surface area contributed by atoms with Crippen LogP contribution >= 0.6 is 0 Å². The van der Waals surface area contributed by atoms with E-state index in [2.05, 4.69) is 25.1 Å². The number of ether oxygens (including phenoxy) is 2. The Morgan fingerprint density at radius 3 is 2.86 bits per heavy atom. The van der Waals surface area contributed by atoms with E-state index in [1.54, 1.807) is 7.11 Å². The van der Waals surface area contributed by atoms with E-state index in [1.807, 2.05) is 18.2 Å². The van der Waals surface area contributed by atoms with Gasteiger partial charge in [-0.15, -0.1) is 0 Å². The average Bonchev–Trinajstić information content (AvgIpc) is 2.86. The molecule has 3 rings (SSSR count). The fourth-order valence-corrected chi connectivity index (χ4v) is 2.90. The average molecular weight is 283 g/mol. The topological polar surface area (TPSA) is 44.5 Å². The van der Waals surface area contributed by atoms with Gasteiger partial charge in [-0.1, -0.05) is 17.7 Å². The fraction of sp³-hybridized carbons (Fsp3) is 0.333. The van der Waals surface area contributed by atoms with Gasteiger partial charge in [-0.2, -0.15) is 0 Å². The van der Waals surface area contributed by atoms with Crippen LogP contribution in [0.25, 0.3) is 0 Å². The predicted octanol–water partition coefficient (Wildman–Crippen LogP) is 3.53. The second-order valence-corrected chi connectivity index (χ2v) is 5.61. The highest BCUT2D eigenvalue weighted by Gasteiger charge is 2.19. The predicted molar refractivity (Wildman–Crippen MR) is 83.8 cm³/mol. The maximum absolute atomic E-state index is 6.06. The zero-order valence-electron chi connectivity index (χ0n) is 12.6. The molecule has 2 aromatic carbocycles. The van der Waals surface area contributed by atoms with Crippen LogP contribution in [0.15, 0.2) is 36.4 Å². The van der Waals surface area contributed by atoms with E-state index in [1.165, 1.54) is 16.7 Å². The lowest BCUT2D eigenvalue weighted by Gasteiger charge is -2.12. The number of rotatable bonds is 4. The molecule has 0 amide bonds. The molecule has 0 heterocycles. The van der Waals surface area contributed by atoms with Gasteiger partial charge in [0.05, 0.1) is 7.11 Å². The number of methoxy groups -OCH3 is 1. The van der Waals surface area contributed by atoms with Gasteiger partial charge < -0.3 is 15.2 Å². The molecule has 3 nitrogen and oxygen atoms in total. The third-order valence-electron chi connectivity index (χ3n) is 4.07. The molecule has 1 atom stereocenters. The molecule has 1 unspecified atom stereocenters. The molecule has 0 spiro atoms. The lowest BCUT2D eigenvalue weighted by Crippen LogP contribution is -2.05. The van der Waals surface area contributed by atoms with Crippen molar-refractivity contribution in [1.29, 1.82) is 0 Å². The van der Waals surface area contributed by atoms with Crippen molar-refractivity contribution >= 4 is 0 Å². The van der Waals surface area contributed by atoms with Crippen LogP contribution in [0.5, 0.6) is 11.5 Å². The molecular weight excluding hydrogens is 262 g/mol. The van der Waals surface area contributed by atoms with Gasteiger partial charge in [-0.25, -0.2) is 0 Å². The van der Waals surface area contributed by atoms with E-state index in [4.69, 9.17) is 15.2 Å². The van der Waals surface area contributed by atoms with Gasteiger partial charge in [0.25, 0.3) is 0 Å². The smallest absolute Gasteiger partial charge is 0.125 e. The highest BCUT2D eigenvalue weighted by atomic mass is 16.5. The number of hydrogen-bond acceptors (Lipinski definition) is 3. The summed E-state index contributed by atoms with van der Waals surface area (Å²) in [5.41, 5.74) is 10.9. The molecule has 0 saturated carbocycles. The van der Waals surface area contributed by atoms with Crippen LogP contribution in [0, 0.1) is 6.92 Å². The number of nitrogens with two attached hydrogens (primary N) is 1. The second kappa shape index (κ2) is 5.78. The molecule has 0 saturated heterocycles. The third kappa shape index (κ3) is 2.88. The summed E-state index contributed by atoms with van der Waals surface area (Å²) in [5, 5.41) is 0. The monoisotopic (exact) mass is 283 g/mol. The summed E-state index contributed by atoms with van der Waals surface area (Å²) in [4.78, 5) is 0. The molecule has 2 aromatic rings. The molecular formula is C18H21NO2. The molecule has 0 fully saturated rings. The molecule has 2 N–H and O–H groups in total. The first-order valence-corrected chi connectivity index (χ1v) is 7.32. The van der Waals surface area contributed by atoms with Gasteiger partial charge in [0, 0.05) is 11.6 Å². The SMILES string of the molecule is COc1ccc(C)cc1COc1ccc2c(c1)CCC2N. The van der Waals surface area contributed by atoms with E-state index in [0.29, 0.717) is 6.61 Å². The number of aryl methyl sites for hydroxylation is 2. The summed E-state index contributed by atoms with van der Waals surface area (Å²) in [6.07, 6.45) is 2.08. The van der Waals surface area contributed by atoms with Crippen LogP contribution in [0.1, 0.15) is 34.7 Å². The standard InChI is InChI=1S/C18H21NO2/c1-12-3-8-18(20-2)14(9-12)11-21-15-5-6-16-13(10-15)4-7-17(16)19/h3,5-6,8-10,17H,4,7,11,19H2,1-2H3. The van der Waals surface area contributed by atoms with Crippen molar-refractivity contribution in [3.05, 3.63) is 58.7 Å². The van der Waals surface area contributed by atoms with E-state index in [-0.39, 0.29) is 6.04 Å². The van der Waals surface area contributed by atoms with E-state index in [9.17, 15) is 0 Å². The summed E-state index contributed by atoms with van der Waals surface area (Å²) in [6.45, 7) is 2.58. The van der Waals surface area contributed by atoms with Gasteiger partial charge in [-0.3, -0.25) is 0 Å². The van der Waals surface area contributed by atoms with Crippen molar-refractivity contribution in [2.45, 2.75) is 32.4 Å². The third-order valence-corrected chi connectivity index (χ3v) is 4.07. The van der Waals surface area contributed by atoms with Crippen molar-refractivity contribution in [2.75, 3.05) is 7.11 Å². The zero-order valence-corrected chi connectivity index (χ0v) is 12.6. The molecule has 1 aliphatic carbocycles. The van der Waals surface area contributed by atoms with Crippen molar-refractivity contribution in [3.63, 3.8) is 0 Å². The number of benzene rings is 2. The first-order chi connectivity index (χ1) is 10.2. The largest absolute Gasteiger partial charge is 0.496 e. The van der Waals surface area contributed by atoms with E-state index < -0.39 is 0 Å². The van der Waals surface area contributed by atoms with Gasteiger partial charge in [0.15, 0.2) is 0 Å². The fourth-order valence-electron chi connectivity index (χ4n) is 2.90. The second-order valence-electron chi connectivity index (χ2n) is 5.61. The molecule has 1 aliphatic rings. The molecule has 0 aliphatic heterocycles. The highest BCUT2D eigenvalue weighted by Crippen LogP contribution is 2.32. The molecule has 0 aromatic heterocycles. The van der Waals surface area contributed by atoms with Crippen molar-refractivity contribution in [3.8, 4) is 11.5 Å². The minimum absolute atomic E-state index is 0.186. The quantitative estimate of drug-likeness (QED) is 0.933. The summed E-state index contributed by atoms with van der Waals surface area (Å²) < 4.78 is 11.3. The Morgan fingerprint density at radius 2 is 2.05 bits per heavy atom. The summed E-state index contributed by atoms with van der Waals surface area (Å²) in [5.74, 6) is 1.76. The van der Waals surface area contributed by atoms with Crippen molar-refractivity contribution in [1.82, 2.24) is 0 Å². The maximum atomic E-state index is 6.06. The molecule has 21 heavy (non-hydrogen) atoms. The van der Waals surface area contributed by atoms with Gasteiger partial charge in [0.2, 0.25) is 0 Å². The summed E-state index contributed by atoms with van der Waals surface area (Å²) >= 11 is 0. The maximum Gasteiger partial charge on any atom is 0.125 e. The van der Waals surface area contributed by atoms with Crippen LogP contribution in [0.3, 0.4) is 0 Å². The normalized spacial score (nSPS) is 16.6. The molecule has 110 valence electrons. The first-order valence-electron chi connectivity index (χ1n) is 7.32.